The highest BCUT2D eigenvalue weighted by Gasteiger charge is 2.44. The van der Waals surface area contributed by atoms with E-state index in [0.717, 1.165) is 25.7 Å². The Labute approximate surface area is 102 Å². The minimum atomic E-state index is -0.787. The molecule has 0 bridgehead atoms. The fourth-order valence-corrected chi connectivity index (χ4v) is 2.91. The van der Waals surface area contributed by atoms with Crippen LogP contribution in [0, 0.1) is 5.41 Å². The molecule has 2 rings (SSSR count). The number of carbonyl (C=O) groups is 2. The number of carbonyl (C=O) groups excluding carboxylic acids is 1. The Kier molecular flexibility index (Phi) is 3.40. The van der Waals surface area contributed by atoms with Crippen molar-refractivity contribution in [1.29, 1.82) is 0 Å². The van der Waals surface area contributed by atoms with Gasteiger partial charge < -0.3 is 10.0 Å². The van der Waals surface area contributed by atoms with Gasteiger partial charge in [0.05, 0.1) is 5.41 Å². The van der Waals surface area contributed by atoms with Crippen LogP contribution in [0.4, 0.5) is 0 Å². The van der Waals surface area contributed by atoms with Crippen LogP contribution in [0.3, 0.4) is 0 Å². The molecule has 0 aliphatic heterocycles. The van der Waals surface area contributed by atoms with Gasteiger partial charge in [0, 0.05) is 19.5 Å². The maximum atomic E-state index is 12.1. The third-order valence-corrected chi connectivity index (χ3v) is 4.52. The summed E-state index contributed by atoms with van der Waals surface area (Å²) in [7, 11) is 1.82. The van der Waals surface area contributed by atoms with Crippen LogP contribution in [0.1, 0.15) is 51.4 Å². The predicted octanol–water partition coefficient (Wildman–Crippen LogP) is 2.03. The Morgan fingerprint density at radius 3 is 2.24 bits per heavy atom. The molecule has 4 heteroatoms. The monoisotopic (exact) mass is 239 g/mol. The van der Waals surface area contributed by atoms with Gasteiger partial charge >= 0.3 is 5.97 Å². The Hall–Kier alpha value is -1.06. The Bertz CT molecular complexity index is 317. The summed E-state index contributed by atoms with van der Waals surface area (Å²) in [6.07, 6.45) is 6.71. The molecule has 2 saturated carbocycles. The molecular weight excluding hydrogens is 218 g/mol. The fourth-order valence-electron chi connectivity index (χ4n) is 2.91. The molecule has 96 valence electrons. The molecule has 0 unspecified atom stereocenters. The van der Waals surface area contributed by atoms with E-state index in [0.29, 0.717) is 18.9 Å². The van der Waals surface area contributed by atoms with E-state index in [2.05, 4.69) is 0 Å². The van der Waals surface area contributed by atoms with Crippen molar-refractivity contribution >= 4 is 11.9 Å². The van der Waals surface area contributed by atoms with Crippen LogP contribution in [-0.2, 0) is 9.59 Å². The average molecular weight is 239 g/mol. The average Bonchev–Trinajstić information content (AvgIpc) is 2.64. The predicted molar refractivity (Wildman–Crippen MR) is 63.6 cm³/mol. The summed E-state index contributed by atoms with van der Waals surface area (Å²) in [6, 6.07) is 0.356. The highest BCUT2D eigenvalue weighted by Crippen LogP contribution is 2.42. The number of rotatable bonds is 4. The lowest BCUT2D eigenvalue weighted by molar-refractivity contribution is -0.154. The number of hydrogen-bond donors (Lipinski definition) is 1. The second-order valence-electron chi connectivity index (χ2n) is 5.56. The van der Waals surface area contributed by atoms with Crippen LogP contribution in [0.15, 0.2) is 0 Å². The van der Waals surface area contributed by atoms with Crippen LogP contribution in [-0.4, -0.2) is 35.0 Å². The third kappa shape index (κ3) is 2.31. The summed E-state index contributed by atoms with van der Waals surface area (Å²) in [5, 5.41) is 9.33. The Morgan fingerprint density at radius 2 is 1.82 bits per heavy atom. The fraction of sp³-hybridized carbons (Fsp3) is 0.846. The highest BCUT2D eigenvalue weighted by atomic mass is 16.4. The van der Waals surface area contributed by atoms with E-state index in [1.807, 2.05) is 7.05 Å². The maximum absolute atomic E-state index is 12.1. The van der Waals surface area contributed by atoms with Crippen LogP contribution in [0.2, 0.25) is 0 Å². The van der Waals surface area contributed by atoms with Crippen molar-refractivity contribution in [2.24, 2.45) is 5.41 Å². The summed E-state index contributed by atoms with van der Waals surface area (Å²) < 4.78 is 0. The van der Waals surface area contributed by atoms with Gasteiger partial charge in [-0.3, -0.25) is 9.59 Å². The molecule has 2 fully saturated rings. The van der Waals surface area contributed by atoms with E-state index < -0.39 is 11.4 Å². The van der Waals surface area contributed by atoms with Gasteiger partial charge in [-0.15, -0.1) is 0 Å². The zero-order valence-corrected chi connectivity index (χ0v) is 10.4. The van der Waals surface area contributed by atoms with Crippen LogP contribution >= 0.6 is 0 Å². The van der Waals surface area contributed by atoms with Crippen LogP contribution in [0.5, 0.6) is 0 Å². The second-order valence-corrected chi connectivity index (χ2v) is 5.56. The first kappa shape index (κ1) is 12.4. The van der Waals surface area contributed by atoms with Gasteiger partial charge in [-0.25, -0.2) is 0 Å². The Balaban J connectivity index is 1.98. The van der Waals surface area contributed by atoms with E-state index in [1.54, 1.807) is 4.90 Å². The molecule has 0 heterocycles. The molecule has 0 aromatic carbocycles. The molecule has 2 aliphatic rings. The summed E-state index contributed by atoms with van der Waals surface area (Å²) in [5.41, 5.74) is -0.769. The van der Waals surface area contributed by atoms with E-state index in [1.165, 1.54) is 6.42 Å². The molecule has 0 saturated heterocycles. The van der Waals surface area contributed by atoms with Crippen LogP contribution < -0.4 is 0 Å². The van der Waals surface area contributed by atoms with E-state index in [-0.39, 0.29) is 12.3 Å². The number of amides is 1. The van der Waals surface area contributed by atoms with E-state index in [9.17, 15) is 14.7 Å². The summed E-state index contributed by atoms with van der Waals surface area (Å²) in [4.78, 5) is 25.2. The summed E-state index contributed by atoms with van der Waals surface area (Å²) >= 11 is 0. The molecule has 1 amide bonds. The lowest BCUT2D eigenvalue weighted by Gasteiger charge is -2.36. The Morgan fingerprint density at radius 1 is 1.24 bits per heavy atom. The molecule has 0 spiro atoms. The maximum Gasteiger partial charge on any atom is 0.310 e. The molecule has 0 atom stereocenters. The van der Waals surface area contributed by atoms with Gasteiger partial charge in [0.15, 0.2) is 0 Å². The molecule has 17 heavy (non-hydrogen) atoms. The topological polar surface area (TPSA) is 57.6 Å². The normalized spacial score (nSPS) is 23.1. The van der Waals surface area contributed by atoms with Crippen LogP contribution in [0.25, 0.3) is 0 Å². The molecule has 0 aromatic heterocycles. The standard InChI is InChI=1S/C13H21NO3/c1-14(10-5-4-6-10)11(15)9-13(12(16)17)7-2-3-8-13/h10H,2-9H2,1H3,(H,16,17). The SMILES string of the molecule is CN(C(=O)CC1(C(=O)O)CCCC1)C1CCC1. The van der Waals surface area contributed by atoms with Gasteiger partial charge in [-0.2, -0.15) is 0 Å². The van der Waals surface area contributed by atoms with Crippen molar-refractivity contribution in [1.82, 2.24) is 4.90 Å². The number of carboxylic acid groups (broad SMARTS) is 1. The lowest BCUT2D eigenvalue weighted by atomic mass is 9.81. The highest BCUT2D eigenvalue weighted by molar-refractivity contribution is 5.85. The number of nitrogens with zero attached hydrogens (tertiary/aromatic N) is 1. The lowest BCUT2D eigenvalue weighted by Crippen LogP contribution is -2.44. The molecule has 2 aliphatic carbocycles. The largest absolute Gasteiger partial charge is 0.481 e. The minimum absolute atomic E-state index is 0.0130. The molecule has 4 nitrogen and oxygen atoms in total. The van der Waals surface area contributed by atoms with E-state index in [4.69, 9.17) is 0 Å². The van der Waals surface area contributed by atoms with E-state index >= 15 is 0 Å². The molecular formula is C13H21NO3. The number of hydrogen-bond acceptors (Lipinski definition) is 2. The quantitative estimate of drug-likeness (QED) is 0.816. The minimum Gasteiger partial charge on any atom is -0.481 e. The summed E-state index contributed by atoms with van der Waals surface area (Å²) in [6.45, 7) is 0. The van der Waals surface area contributed by atoms with Crippen molar-refractivity contribution in [3.63, 3.8) is 0 Å². The number of carboxylic acids is 1. The van der Waals surface area contributed by atoms with Gasteiger partial charge in [-0.1, -0.05) is 12.8 Å². The van der Waals surface area contributed by atoms with Gasteiger partial charge in [-0.05, 0) is 32.1 Å². The van der Waals surface area contributed by atoms with Gasteiger partial charge in [0.25, 0.3) is 0 Å². The molecule has 1 N–H and O–H groups in total. The van der Waals surface area contributed by atoms with Crippen molar-refractivity contribution in [3.8, 4) is 0 Å². The van der Waals surface area contributed by atoms with Crippen molar-refractivity contribution in [2.45, 2.75) is 57.4 Å². The summed E-state index contributed by atoms with van der Waals surface area (Å²) in [5.74, 6) is -0.774. The first-order chi connectivity index (χ1) is 8.05. The smallest absolute Gasteiger partial charge is 0.310 e. The zero-order valence-electron chi connectivity index (χ0n) is 10.4. The van der Waals surface area contributed by atoms with Gasteiger partial charge in [0.1, 0.15) is 0 Å². The second kappa shape index (κ2) is 4.67. The first-order valence-electron chi connectivity index (χ1n) is 6.54. The molecule has 0 aromatic rings. The first-order valence-corrected chi connectivity index (χ1v) is 6.54. The van der Waals surface area contributed by atoms with Crippen molar-refractivity contribution in [3.05, 3.63) is 0 Å². The zero-order chi connectivity index (χ0) is 12.5. The van der Waals surface area contributed by atoms with Crippen molar-refractivity contribution in [2.75, 3.05) is 7.05 Å². The molecule has 0 radical (unpaired) electrons. The number of aliphatic carboxylic acids is 1. The van der Waals surface area contributed by atoms with Crippen molar-refractivity contribution < 1.29 is 14.7 Å². The van der Waals surface area contributed by atoms with Gasteiger partial charge in [0.2, 0.25) is 5.91 Å². The third-order valence-electron chi connectivity index (χ3n) is 4.52.